The number of benzene rings is 1. The van der Waals surface area contributed by atoms with Gasteiger partial charge in [0.15, 0.2) is 0 Å². The van der Waals surface area contributed by atoms with E-state index in [0.29, 0.717) is 23.4 Å². The maximum atomic E-state index is 13.2. The van der Waals surface area contributed by atoms with Crippen molar-refractivity contribution >= 4 is 11.6 Å². The van der Waals surface area contributed by atoms with Gasteiger partial charge in [0.05, 0.1) is 5.56 Å². The summed E-state index contributed by atoms with van der Waals surface area (Å²) >= 11 is 0. The van der Waals surface area contributed by atoms with Gasteiger partial charge in [-0.15, -0.1) is 0 Å². The molecule has 0 aromatic heterocycles. The van der Waals surface area contributed by atoms with Crippen LogP contribution in [0.4, 0.5) is 18.9 Å². The molecule has 1 heterocycles. The van der Waals surface area contributed by atoms with Crippen molar-refractivity contribution in [2.24, 2.45) is 28.6 Å². The normalized spacial score (nSPS) is 41.1. The molecule has 3 nitrogen and oxygen atoms in total. The lowest BCUT2D eigenvalue weighted by molar-refractivity contribution is -0.138. The zero-order chi connectivity index (χ0) is 22.9. The van der Waals surface area contributed by atoms with Crippen LogP contribution in [0.3, 0.4) is 0 Å². The summed E-state index contributed by atoms with van der Waals surface area (Å²) in [6, 6.07) is 6.08. The molecule has 5 rings (SSSR count). The first-order valence-electron chi connectivity index (χ1n) is 11.9. The Balaban J connectivity index is 1.38. The van der Waals surface area contributed by atoms with E-state index in [1.165, 1.54) is 12.1 Å². The number of carbonyl (C=O) groups is 1. The molecule has 4 aliphatic rings. The Morgan fingerprint density at radius 3 is 2.59 bits per heavy atom. The molecule has 7 atom stereocenters. The standard InChI is InChI=1S/C26H33F3N2O/c1-24-13-11-20-18(7-10-22-25(20,2)14-12-23(32)31(22)3)19(24)8-9-21(24)30-17-6-4-5-16(15-17)26(27,28)29/h4-6,12,14-15,18-22,30H,7-11,13H2,1-3H3/t18-,19-,20+,21?,22?,24-,25+/m0/s1. The zero-order valence-corrected chi connectivity index (χ0v) is 19.1. The third kappa shape index (κ3) is 3.19. The summed E-state index contributed by atoms with van der Waals surface area (Å²) < 4.78 is 39.5. The van der Waals surface area contributed by atoms with Crippen molar-refractivity contribution in [2.45, 2.75) is 70.6 Å². The predicted octanol–water partition coefficient (Wildman–Crippen LogP) is 6.13. The largest absolute Gasteiger partial charge is 0.416 e. The van der Waals surface area contributed by atoms with Crippen molar-refractivity contribution in [1.29, 1.82) is 0 Å². The highest BCUT2D eigenvalue weighted by atomic mass is 19.4. The summed E-state index contributed by atoms with van der Waals surface area (Å²) in [4.78, 5) is 14.2. The summed E-state index contributed by atoms with van der Waals surface area (Å²) in [7, 11) is 1.94. The smallest absolute Gasteiger partial charge is 0.382 e. The summed E-state index contributed by atoms with van der Waals surface area (Å²) in [5, 5.41) is 3.50. The first kappa shape index (κ1) is 21.8. The average Bonchev–Trinajstić information content (AvgIpc) is 3.07. The second-order valence-corrected chi connectivity index (χ2v) is 11.0. The van der Waals surface area contributed by atoms with Crippen LogP contribution in [-0.4, -0.2) is 29.9 Å². The first-order chi connectivity index (χ1) is 15.0. The maximum Gasteiger partial charge on any atom is 0.416 e. The highest BCUT2D eigenvalue weighted by molar-refractivity contribution is 5.89. The van der Waals surface area contributed by atoms with Gasteiger partial charge < -0.3 is 10.2 Å². The number of likely N-dealkylation sites (N-methyl/N-ethyl adjacent to an activating group) is 1. The molecule has 1 N–H and O–H groups in total. The van der Waals surface area contributed by atoms with Crippen LogP contribution in [0.5, 0.6) is 0 Å². The van der Waals surface area contributed by atoms with Crippen molar-refractivity contribution in [3.8, 4) is 0 Å². The van der Waals surface area contributed by atoms with Gasteiger partial charge in [-0.05, 0) is 86.0 Å². The predicted molar refractivity (Wildman–Crippen MR) is 119 cm³/mol. The Morgan fingerprint density at radius 1 is 1.06 bits per heavy atom. The van der Waals surface area contributed by atoms with Crippen LogP contribution < -0.4 is 5.32 Å². The molecule has 1 aromatic rings. The van der Waals surface area contributed by atoms with Gasteiger partial charge in [-0.1, -0.05) is 26.0 Å². The number of rotatable bonds is 2. The van der Waals surface area contributed by atoms with E-state index in [4.69, 9.17) is 0 Å². The molecule has 1 aromatic carbocycles. The number of fused-ring (bicyclic) bond motifs is 5. The number of alkyl halides is 3. The van der Waals surface area contributed by atoms with Crippen molar-refractivity contribution in [3.63, 3.8) is 0 Å². The minimum atomic E-state index is -4.33. The van der Waals surface area contributed by atoms with E-state index in [9.17, 15) is 18.0 Å². The lowest BCUT2D eigenvalue weighted by Gasteiger charge is -2.60. The van der Waals surface area contributed by atoms with Crippen LogP contribution in [0.15, 0.2) is 36.4 Å². The van der Waals surface area contributed by atoms with Gasteiger partial charge in [-0.25, -0.2) is 0 Å². The lowest BCUT2D eigenvalue weighted by atomic mass is 9.48. The summed E-state index contributed by atoms with van der Waals surface area (Å²) in [5.41, 5.74) is 0.0674. The molecule has 0 saturated heterocycles. The number of anilines is 1. The van der Waals surface area contributed by atoms with E-state index in [2.05, 4.69) is 25.2 Å². The van der Waals surface area contributed by atoms with Gasteiger partial charge in [0.2, 0.25) is 5.91 Å². The van der Waals surface area contributed by atoms with E-state index >= 15 is 0 Å². The summed E-state index contributed by atoms with van der Waals surface area (Å²) in [6.07, 6.45) is 6.08. The Labute approximate surface area is 188 Å². The summed E-state index contributed by atoms with van der Waals surface area (Å²) in [5.74, 6) is 1.84. The van der Waals surface area contributed by atoms with E-state index in [-0.39, 0.29) is 28.8 Å². The van der Waals surface area contributed by atoms with Crippen LogP contribution in [0.25, 0.3) is 0 Å². The monoisotopic (exact) mass is 446 g/mol. The first-order valence-corrected chi connectivity index (χ1v) is 11.9. The van der Waals surface area contributed by atoms with Crippen LogP contribution in [0.2, 0.25) is 0 Å². The van der Waals surface area contributed by atoms with Crippen molar-refractivity contribution in [1.82, 2.24) is 4.90 Å². The fourth-order valence-corrected chi connectivity index (χ4v) is 7.96. The van der Waals surface area contributed by atoms with Gasteiger partial charge in [-0.3, -0.25) is 4.79 Å². The Morgan fingerprint density at radius 2 is 1.84 bits per heavy atom. The van der Waals surface area contributed by atoms with Crippen LogP contribution in [0, 0.1) is 28.6 Å². The quantitative estimate of drug-likeness (QED) is 0.593. The molecule has 1 amide bonds. The molecule has 0 radical (unpaired) electrons. The lowest BCUT2D eigenvalue weighted by Crippen LogP contribution is -2.60. The molecule has 174 valence electrons. The highest BCUT2D eigenvalue weighted by Gasteiger charge is 2.60. The van der Waals surface area contributed by atoms with E-state index in [0.717, 1.165) is 44.6 Å². The van der Waals surface area contributed by atoms with Crippen LogP contribution in [0.1, 0.15) is 57.9 Å². The highest BCUT2D eigenvalue weighted by Crippen LogP contribution is 2.64. The van der Waals surface area contributed by atoms with Gasteiger partial charge in [0.25, 0.3) is 0 Å². The second-order valence-electron chi connectivity index (χ2n) is 11.0. The van der Waals surface area contributed by atoms with Gasteiger partial charge >= 0.3 is 6.18 Å². The van der Waals surface area contributed by atoms with Crippen molar-refractivity contribution in [2.75, 3.05) is 12.4 Å². The van der Waals surface area contributed by atoms with Crippen molar-refractivity contribution < 1.29 is 18.0 Å². The number of amides is 1. The van der Waals surface area contributed by atoms with E-state index < -0.39 is 11.7 Å². The average molecular weight is 447 g/mol. The van der Waals surface area contributed by atoms with Crippen molar-refractivity contribution in [3.05, 3.63) is 42.0 Å². The topological polar surface area (TPSA) is 32.3 Å². The molecule has 1 aliphatic heterocycles. The minimum Gasteiger partial charge on any atom is -0.382 e. The number of hydrogen-bond acceptors (Lipinski definition) is 2. The fraction of sp³-hybridized carbons (Fsp3) is 0.654. The Kier molecular flexibility index (Phi) is 4.96. The number of hydrogen-bond donors (Lipinski definition) is 1. The third-order valence-electron chi connectivity index (χ3n) is 9.66. The number of carbonyl (C=O) groups excluding carboxylic acids is 1. The molecule has 32 heavy (non-hydrogen) atoms. The molecule has 3 fully saturated rings. The summed E-state index contributed by atoms with van der Waals surface area (Å²) in [6.45, 7) is 4.69. The maximum absolute atomic E-state index is 13.2. The minimum absolute atomic E-state index is 0.0134. The van der Waals surface area contributed by atoms with Gasteiger partial charge in [0.1, 0.15) is 0 Å². The molecular formula is C26H33F3N2O. The zero-order valence-electron chi connectivity index (χ0n) is 19.1. The number of halogens is 3. The Hall–Kier alpha value is -1.98. The van der Waals surface area contributed by atoms with Gasteiger partial charge in [-0.2, -0.15) is 13.2 Å². The van der Waals surface area contributed by atoms with E-state index in [1.54, 1.807) is 12.1 Å². The number of nitrogens with one attached hydrogen (secondary N) is 1. The molecule has 3 aliphatic carbocycles. The SMILES string of the molecule is CN1C(=O)C=C[C@@]2(C)C1CC[C@@H]1[C@H]2CC[C@]2(C)C(Nc3cccc(C(F)(F)F)c3)CC[C@@H]12. The third-order valence-corrected chi connectivity index (χ3v) is 9.66. The van der Waals surface area contributed by atoms with Crippen LogP contribution in [-0.2, 0) is 11.0 Å². The molecular weight excluding hydrogens is 413 g/mol. The molecule has 0 spiro atoms. The molecule has 6 heteroatoms. The fourth-order valence-electron chi connectivity index (χ4n) is 7.96. The second kappa shape index (κ2) is 7.26. The number of nitrogens with zero attached hydrogens (tertiary/aromatic N) is 1. The molecule has 3 saturated carbocycles. The molecule has 0 bridgehead atoms. The molecule has 2 unspecified atom stereocenters. The van der Waals surface area contributed by atoms with Gasteiger partial charge in [0, 0.05) is 30.2 Å². The Bertz CT molecular complexity index is 943. The van der Waals surface area contributed by atoms with Crippen LogP contribution >= 0.6 is 0 Å². The van der Waals surface area contributed by atoms with E-state index in [1.807, 2.05) is 11.9 Å².